The second kappa shape index (κ2) is 3.64. The van der Waals surface area contributed by atoms with Gasteiger partial charge in [0.1, 0.15) is 0 Å². The number of hydrogen-bond donors (Lipinski definition) is 2. The Bertz CT molecular complexity index is 598. The molecule has 0 aliphatic rings. The first-order valence-electron chi connectivity index (χ1n) is 4.26. The van der Waals surface area contributed by atoms with E-state index in [-0.39, 0.29) is 16.4 Å². The number of aromatic amines is 1. The van der Waals surface area contributed by atoms with Gasteiger partial charge in [-0.15, -0.1) is 10.2 Å². The molecule has 2 aromatic heterocycles. The average molecular weight is 243 g/mol. The Morgan fingerprint density at radius 3 is 2.81 bits per heavy atom. The highest BCUT2D eigenvalue weighted by atomic mass is 32.2. The predicted octanol–water partition coefficient (Wildman–Crippen LogP) is -1.49. The normalized spacial score (nSPS) is 11.9. The smallest absolute Gasteiger partial charge is 0.257 e. The SMILES string of the molecule is CNS(=O)(=O)c1[nH]ncc1-c1nnn(C)n1. The minimum absolute atomic E-state index is 0.0806. The maximum absolute atomic E-state index is 11.6. The molecular formula is C6H9N7O2S. The monoisotopic (exact) mass is 243 g/mol. The van der Waals surface area contributed by atoms with Gasteiger partial charge in [0.15, 0.2) is 5.03 Å². The van der Waals surface area contributed by atoms with Gasteiger partial charge in [-0.3, -0.25) is 5.10 Å². The Morgan fingerprint density at radius 2 is 2.25 bits per heavy atom. The number of rotatable bonds is 3. The number of nitrogens with one attached hydrogen (secondary N) is 2. The molecule has 0 fully saturated rings. The highest BCUT2D eigenvalue weighted by Crippen LogP contribution is 2.20. The van der Waals surface area contributed by atoms with Gasteiger partial charge in [-0.25, -0.2) is 13.1 Å². The molecule has 0 aliphatic heterocycles. The van der Waals surface area contributed by atoms with Crippen molar-refractivity contribution in [2.45, 2.75) is 5.03 Å². The van der Waals surface area contributed by atoms with E-state index in [2.05, 4.69) is 30.3 Å². The number of sulfonamides is 1. The van der Waals surface area contributed by atoms with Crippen LogP contribution in [0.15, 0.2) is 11.2 Å². The quantitative estimate of drug-likeness (QED) is 0.677. The van der Waals surface area contributed by atoms with Crippen LogP contribution >= 0.6 is 0 Å². The van der Waals surface area contributed by atoms with E-state index >= 15 is 0 Å². The van der Waals surface area contributed by atoms with Crippen molar-refractivity contribution in [1.82, 2.24) is 35.1 Å². The molecule has 10 heteroatoms. The first kappa shape index (κ1) is 10.7. The molecule has 2 heterocycles. The Kier molecular flexibility index (Phi) is 2.44. The summed E-state index contributed by atoms with van der Waals surface area (Å²) in [4.78, 5) is 1.23. The maximum atomic E-state index is 11.6. The number of H-pyrrole nitrogens is 1. The summed E-state index contributed by atoms with van der Waals surface area (Å²) in [7, 11) is -0.714. The zero-order chi connectivity index (χ0) is 11.8. The summed E-state index contributed by atoms with van der Waals surface area (Å²) in [5, 5.41) is 17.2. The molecule has 2 aromatic rings. The van der Waals surface area contributed by atoms with E-state index in [1.54, 1.807) is 7.05 Å². The van der Waals surface area contributed by atoms with Gasteiger partial charge in [-0.1, -0.05) is 0 Å². The van der Waals surface area contributed by atoms with E-state index in [9.17, 15) is 8.42 Å². The summed E-state index contributed by atoms with van der Waals surface area (Å²) in [5.41, 5.74) is 0.280. The van der Waals surface area contributed by atoms with Crippen molar-refractivity contribution in [2.75, 3.05) is 7.05 Å². The lowest BCUT2D eigenvalue weighted by atomic mass is 10.3. The molecule has 2 N–H and O–H groups in total. The number of hydrogen-bond acceptors (Lipinski definition) is 6. The van der Waals surface area contributed by atoms with Gasteiger partial charge in [-0.05, 0) is 12.3 Å². The van der Waals surface area contributed by atoms with E-state index in [1.165, 1.54) is 18.0 Å². The highest BCUT2D eigenvalue weighted by Gasteiger charge is 2.22. The topological polar surface area (TPSA) is 118 Å². The number of aryl methyl sites for hydroxylation is 1. The molecule has 0 spiro atoms. The summed E-state index contributed by atoms with van der Waals surface area (Å²) in [5.74, 6) is 0.199. The minimum atomic E-state index is -3.61. The summed E-state index contributed by atoms with van der Waals surface area (Å²) in [6.45, 7) is 0. The molecule has 0 atom stereocenters. The fourth-order valence-corrected chi connectivity index (χ4v) is 1.94. The molecule has 86 valence electrons. The summed E-state index contributed by atoms with van der Waals surface area (Å²) >= 11 is 0. The molecule has 0 aromatic carbocycles. The third-order valence-corrected chi connectivity index (χ3v) is 3.28. The number of tetrazole rings is 1. The third-order valence-electron chi connectivity index (χ3n) is 1.89. The highest BCUT2D eigenvalue weighted by molar-refractivity contribution is 7.89. The van der Waals surface area contributed by atoms with Crippen molar-refractivity contribution < 1.29 is 8.42 Å². The minimum Gasteiger partial charge on any atom is -0.266 e. The molecule has 0 radical (unpaired) electrons. The van der Waals surface area contributed by atoms with Crippen molar-refractivity contribution in [3.63, 3.8) is 0 Å². The Hall–Kier alpha value is -1.81. The molecule has 0 saturated carbocycles. The van der Waals surface area contributed by atoms with Crippen molar-refractivity contribution in [1.29, 1.82) is 0 Å². The molecule has 0 saturated heterocycles. The lowest BCUT2D eigenvalue weighted by Gasteiger charge is -1.99. The molecule has 0 unspecified atom stereocenters. The van der Waals surface area contributed by atoms with Crippen LogP contribution in [0.5, 0.6) is 0 Å². The van der Waals surface area contributed by atoms with E-state index in [0.717, 1.165) is 0 Å². The molecular weight excluding hydrogens is 234 g/mol. The fraction of sp³-hybridized carbons (Fsp3) is 0.333. The van der Waals surface area contributed by atoms with Crippen LogP contribution in [0.25, 0.3) is 11.4 Å². The lowest BCUT2D eigenvalue weighted by Crippen LogP contribution is -2.19. The summed E-state index contributed by atoms with van der Waals surface area (Å²) in [6, 6.07) is 0. The number of aromatic nitrogens is 6. The Balaban J connectivity index is 2.56. The molecule has 2 rings (SSSR count). The Morgan fingerprint density at radius 1 is 1.50 bits per heavy atom. The molecule has 0 bridgehead atoms. The summed E-state index contributed by atoms with van der Waals surface area (Å²) < 4.78 is 25.4. The van der Waals surface area contributed by atoms with Crippen molar-refractivity contribution in [2.24, 2.45) is 7.05 Å². The average Bonchev–Trinajstić information content (AvgIpc) is 2.85. The number of nitrogens with zero attached hydrogens (tertiary/aromatic N) is 5. The predicted molar refractivity (Wildman–Crippen MR) is 52.6 cm³/mol. The van der Waals surface area contributed by atoms with E-state index < -0.39 is 10.0 Å². The van der Waals surface area contributed by atoms with Crippen molar-refractivity contribution in [3.8, 4) is 11.4 Å². The van der Waals surface area contributed by atoms with Crippen LogP contribution < -0.4 is 4.72 Å². The van der Waals surface area contributed by atoms with Gasteiger partial charge in [0.2, 0.25) is 5.82 Å². The summed E-state index contributed by atoms with van der Waals surface area (Å²) in [6.07, 6.45) is 1.33. The fourth-order valence-electron chi connectivity index (χ4n) is 1.13. The van der Waals surface area contributed by atoms with Gasteiger partial charge in [0, 0.05) is 0 Å². The molecule has 0 aliphatic carbocycles. The van der Waals surface area contributed by atoms with Crippen LogP contribution in [0.1, 0.15) is 0 Å². The van der Waals surface area contributed by atoms with E-state index in [4.69, 9.17) is 0 Å². The first-order valence-corrected chi connectivity index (χ1v) is 5.74. The lowest BCUT2D eigenvalue weighted by molar-refractivity contribution is 0.584. The van der Waals surface area contributed by atoms with Crippen LogP contribution in [0.3, 0.4) is 0 Å². The third kappa shape index (κ3) is 1.67. The van der Waals surface area contributed by atoms with Crippen molar-refractivity contribution >= 4 is 10.0 Å². The maximum Gasteiger partial charge on any atom is 0.257 e. The van der Waals surface area contributed by atoms with Gasteiger partial charge >= 0.3 is 0 Å². The van der Waals surface area contributed by atoms with Gasteiger partial charge in [0.25, 0.3) is 10.0 Å². The molecule has 16 heavy (non-hydrogen) atoms. The first-order chi connectivity index (χ1) is 7.54. The van der Waals surface area contributed by atoms with E-state index in [0.29, 0.717) is 0 Å². The van der Waals surface area contributed by atoms with Crippen LogP contribution in [-0.2, 0) is 17.1 Å². The zero-order valence-electron chi connectivity index (χ0n) is 8.54. The second-order valence-electron chi connectivity index (χ2n) is 2.92. The van der Waals surface area contributed by atoms with Gasteiger partial charge in [-0.2, -0.15) is 9.90 Å². The van der Waals surface area contributed by atoms with Crippen LogP contribution in [0.2, 0.25) is 0 Å². The largest absolute Gasteiger partial charge is 0.266 e. The van der Waals surface area contributed by atoms with Crippen molar-refractivity contribution in [3.05, 3.63) is 6.20 Å². The Labute approximate surface area is 90.9 Å². The molecule has 0 amide bonds. The standard InChI is InChI=1S/C6H9N7O2S/c1-7-16(14,15)6-4(3-8-10-6)5-9-12-13(2)11-5/h3,7H,1-2H3,(H,8,10). The van der Waals surface area contributed by atoms with E-state index in [1.807, 2.05) is 0 Å². The van der Waals surface area contributed by atoms with Crippen LogP contribution in [-0.4, -0.2) is 45.9 Å². The van der Waals surface area contributed by atoms with Crippen LogP contribution in [0.4, 0.5) is 0 Å². The van der Waals surface area contributed by atoms with Crippen LogP contribution in [0, 0.1) is 0 Å². The second-order valence-corrected chi connectivity index (χ2v) is 4.75. The van der Waals surface area contributed by atoms with Gasteiger partial charge < -0.3 is 0 Å². The molecule has 9 nitrogen and oxygen atoms in total. The van der Waals surface area contributed by atoms with Gasteiger partial charge in [0.05, 0.1) is 18.8 Å². The zero-order valence-corrected chi connectivity index (χ0v) is 9.35.